The van der Waals surface area contributed by atoms with Crippen LogP contribution in [-0.4, -0.2) is 24.1 Å². The summed E-state index contributed by atoms with van der Waals surface area (Å²) in [6, 6.07) is 4.93. The molecule has 3 rings (SSSR count). The van der Waals surface area contributed by atoms with Crippen molar-refractivity contribution in [2.75, 3.05) is 12.4 Å². The number of pyridine rings is 1. The zero-order chi connectivity index (χ0) is 15.0. The van der Waals surface area contributed by atoms with E-state index in [-0.39, 0.29) is 18.2 Å². The van der Waals surface area contributed by atoms with E-state index in [9.17, 15) is 9.18 Å². The second-order valence-corrected chi connectivity index (χ2v) is 5.38. The van der Waals surface area contributed by atoms with Crippen LogP contribution in [0.4, 0.5) is 10.1 Å². The minimum Gasteiger partial charge on any atom is -0.469 e. The molecule has 0 saturated heterocycles. The number of methoxy groups -OCH3 is 1. The standard InChI is InChI=1S/C16H17FN2O2/c1-9-12(8-15(20)21-2)16(19-11-4-5-11)13-7-10(17)3-6-14(13)18-9/h3,6-7,11H,4-5,8H2,1-2H3,(H,18,19). The molecule has 0 spiro atoms. The Labute approximate surface area is 122 Å². The van der Waals surface area contributed by atoms with Crippen LogP contribution in [0.5, 0.6) is 0 Å². The number of rotatable bonds is 4. The molecular weight excluding hydrogens is 271 g/mol. The highest BCUT2D eigenvalue weighted by atomic mass is 19.1. The first-order chi connectivity index (χ1) is 10.1. The van der Waals surface area contributed by atoms with Crippen molar-refractivity contribution >= 4 is 22.6 Å². The number of benzene rings is 1. The summed E-state index contributed by atoms with van der Waals surface area (Å²) in [5, 5.41) is 4.12. The zero-order valence-electron chi connectivity index (χ0n) is 12.1. The van der Waals surface area contributed by atoms with Crippen LogP contribution in [0.25, 0.3) is 10.9 Å². The number of carbonyl (C=O) groups is 1. The number of hydrogen-bond donors (Lipinski definition) is 1. The van der Waals surface area contributed by atoms with Crippen LogP contribution < -0.4 is 5.32 Å². The molecule has 0 bridgehead atoms. The molecule has 5 heteroatoms. The molecule has 1 fully saturated rings. The van der Waals surface area contributed by atoms with E-state index in [2.05, 4.69) is 10.3 Å². The maximum atomic E-state index is 13.6. The lowest BCUT2D eigenvalue weighted by Gasteiger charge is -2.16. The van der Waals surface area contributed by atoms with Gasteiger partial charge in [0.2, 0.25) is 0 Å². The fourth-order valence-electron chi connectivity index (χ4n) is 2.43. The minimum absolute atomic E-state index is 0.136. The molecule has 4 nitrogen and oxygen atoms in total. The third kappa shape index (κ3) is 2.82. The average molecular weight is 288 g/mol. The van der Waals surface area contributed by atoms with Crippen molar-refractivity contribution in [1.82, 2.24) is 4.98 Å². The second-order valence-electron chi connectivity index (χ2n) is 5.38. The molecule has 1 N–H and O–H groups in total. The first-order valence-corrected chi connectivity index (χ1v) is 7.00. The number of halogens is 1. The number of nitrogens with zero attached hydrogens (tertiary/aromatic N) is 1. The Kier molecular flexibility index (Phi) is 3.49. The van der Waals surface area contributed by atoms with Gasteiger partial charge in [0.1, 0.15) is 5.82 Å². The van der Waals surface area contributed by atoms with E-state index < -0.39 is 0 Å². The number of aryl methyl sites for hydroxylation is 1. The SMILES string of the molecule is COC(=O)Cc1c(C)nc2ccc(F)cc2c1NC1CC1. The van der Waals surface area contributed by atoms with E-state index in [1.165, 1.54) is 19.2 Å². The summed E-state index contributed by atoms with van der Waals surface area (Å²) in [7, 11) is 1.36. The number of esters is 1. The van der Waals surface area contributed by atoms with Gasteiger partial charge in [0, 0.05) is 28.4 Å². The Balaban J connectivity index is 2.17. The van der Waals surface area contributed by atoms with Crippen molar-refractivity contribution in [3.8, 4) is 0 Å². The topological polar surface area (TPSA) is 51.2 Å². The molecule has 1 aliphatic rings. The number of nitrogens with one attached hydrogen (secondary N) is 1. The quantitative estimate of drug-likeness (QED) is 0.879. The molecule has 0 amide bonds. The molecule has 1 saturated carbocycles. The van der Waals surface area contributed by atoms with Gasteiger partial charge >= 0.3 is 5.97 Å². The van der Waals surface area contributed by atoms with Gasteiger partial charge in [-0.15, -0.1) is 0 Å². The van der Waals surface area contributed by atoms with Crippen LogP contribution in [-0.2, 0) is 16.0 Å². The lowest BCUT2D eigenvalue weighted by molar-refractivity contribution is -0.139. The first kappa shape index (κ1) is 13.8. The number of fused-ring (bicyclic) bond motifs is 1. The van der Waals surface area contributed by atoms with Gasteiger partial charge in [0.15, 0.2) is 0 Å². The average Bonchev–Trinajstić information content (AvgIpc) is 3.27. The predicted molar refractivity (Wildman–Crippen MR) is 78.8 cm³/mol. The number of carbonyl (C=O) groups excluding carboxylic acids is 1. The Bertz CT molecular complexity index is 711. The van der Waals surface area contributed by atoms with Crippen LogP contribution in [0, 0.1) is 12.7 Å². The summed E-state index contributed by atoms with van der Waals surface area (Å²) >= 11 is 0. The Morgan fingerprint density at radius 2 is 2.24 bits per heavy atom. The largest absolute Gasteiger partial charge is 0.469 e. The zero-order valence-corrected chi connectivity index (χ0v) is 12.1. The monoisotopic (exact) mass is 288 g/mol. The van der Waals surface area contributed by atoms with Gasteiger partial charge in [-0.3, -0.25) is 9.78 Å². The lowest BCUT2D eigenvalue weighted by Crippen LogP contribution is -2.12. The van der Waals surface area contributed by atoms with Crippen LogP contribution in [0.2, 0.25) is 0 Å². The van der Waals surface area contributed by atoms with Gasteiger partial charge in [0.25, 0.3) is 0 Å². The normalized spacial score (nSPS) is 14.2. The Hall–Kier alpha value is -2.17. The second kappa shape index (κ2) is 5.31. The van der Waals surface area contributed by atoms with Crippen molar-refractivity contribution in [3.05, 3.63) is 35.3 Å². The summed E-state index contributed by atoms with van der Waals surface area (Å²) in [6.07, 6.45) is 2.32. The van der Waals surface area contributed by atoms with E-state index in [1.54, 1.807) is 6.07 Å². The fourth-order valence-corrected chi connectivity index (χ4v) is 2.43. The number of anilines is 1. The van der Waals surface area contributed by atoms with Crippen molar-refractivity contribution < 1.29 is 13.9 Å². The number of ether oxygens (including phenoxy) is 1. The Morgan fingerprint density at radius 1 is 1.48 bits per heavy atom. The van der Waals surface area contributed by atoms with E-state index in [0.29, 0.717) is 11.4 Å². The van der Waals surface area contributed by atoms with E-state index in [0.717, 1.165) is 35.3 Å². The number of hydrogen-bond acceptors (Lipinski definition) is 4. The highest BCUT2D eigenvalue weighted by Crippen LogP contribution is 2.34. The first-order valence-electron chi connectivity index (χ1n) is 7.00. The predicted octanol–water partition coefficient (Wildman–Crippen LogP) is 2.97. The van der Waals surface area contributed by atoms with Crippen LogP contribution in [0.3, 0.4) is 0 Å². The summed E-state index contributed by atoms with van der Waals surface area (Å²) in [5.74, 6) is -0.634. The highest BCUT2D eigenvalue weighted by Gasteiger charge is 2.25. The summed E-state index contributed by atoms with van der Waals surface area (Å²) in [6.45, 7) is 1.86. The number of aromatic nitrogens is 1. The summed E-state index contributed by atoms with van der Waals surface area (Å²) in [4.78, 5) is 16.1. The van der Waals surface area contributed by atoms with Gasteiger partial charge in [-0.25, -0.2) is 4.39 Å². The van der Waals surface area contributed by atoms with Crippen molar-refractivity contribution in [2.45, 2.75) is 32.2 Å². The fraction of sp³-hybridized carbons (Fsp3) is 0.375. The molecule has 110 valence electrons. The van der Waals surface area contributed by atoms with Gasteiger partial charge < -0.3 is 10.1 Å². The molecule has 0 atom stereocenters. The Morgan fingerprint density at radius 3 is 2.90 bits per heavy atom. The summed E-state index contributed by atoms with van der Waals surface area (Å²) in [5.41, 5.74) is 3.09. The molecule has 1 aromatic carbocycles. The van der Waals surface area contributed by atoms with Gasteiger partial charge in [-0.2, -0.15) is 0 Å². The maximum absolute atomic E-state index is 13.6. The van der Waals surface area contributed by atoms with Crippen LogP contribution >= 0.6 is 0 Å². The maximum Gasteiger partial charge on any atom is 0.310 e. The smallest absolute Gasteiger partial charge is 0.310 e. The third-order valence-corrected chi connectivity index (χ3v) is 3.73. The molecule has 1 heterocycles. The summed E-state index contributed by atoms with van der Waals surface area (Å²) < 4.78 is 18.3. The van der Waals surface area contributed by atoms with Gasteiger partial charge in [-0.1, -0.05) is 0 Å². The molecule has 0 unspecified atom stereocenters. The van der Waals surface area contributed by atoms with E-state index >= 15 is 0 Å². The molecule has 1 aliphatic carbocycles. The van der Waals surface area contributed by atoms with Crippen LogP contribution in [0.1, 0.15) is 24.1 Å². The van der Waals surface area contributed by atoms with Crippen molar-refractivity contribution in [1.29, 1.82) is 0 Å². The molecule has 2 aromatic rings. The molecular formula is C16H17FN2O2. The van der Waals surface area contributed by atoms with Crippen LogP contribution in [0.15, 0.2) is 18.2 Å². The molecule has 21 heavy (non-hydrogen) atoms. The van der Waals surface area contributed by atoms with Crippen molar-refractivity contribution in [2.24, 2.45) is 0 Å². The third-order valence-electron chi connectivity index (χ3n) is 3.73. The molecule has 0 aliphatic heterocycles. The van der Waals surface area contributed by atoms with Gasteiger partial charge in [-0.05, 0) is 38.0 Å². The molecule has 1 aromatic heterocycles. The lowest BCUT2D eigenvalue weighted by atomic mass is 10.0. The highest BCUT2D eigenvalue weighted by molar-refractivity contribution is 5.95. The minimum atomic E-state index is -0.325. The van der Waals surface area contributed by atoms with Gasteiger partial charge in [0.05, 0.1) is 19.0 Å². The van der Waals surface area contributed by atoms with Crippen molar-refractivity contribution in [3.63, 3.8) is 0 Å². The van der Waals surface area contributed by atoms with E-state index in [1.807, 2.05) is 6.92 Å². The molecule has 0 radical (unpaired) electrons. The van der Waals surface area contributed by atoms with E-state index in [4.69, 9.17) is 4.74 Å².